The van der Waals surface area contributed by atoms with Crippen LogP contribution in [0.3, 0.4) is 0 Å². The highest BCUT2D eigenvalue weighted by molar-refractivity contribution is 7.18. The lowest BCUT2D eigenvalue weighted by molar-refractivity contribution is 0.0692. The van der Waals surface area contributed by atoms with Crippen molar-refractivity contribution in [3.05, 3.63) is 59.4 Å². The number of carboxylic acid groups (broad SMARTS) is 1. The van der Waals surface area contributed by atoms with Crippen LogP contribution >= 0.6 is 22.9 Å². The van der Waals surface area contributed by atoms with E-state index in [0.717, 1.165) is 5.56 Å². The summed E-state index contributed by atoms with van der Waals surface area (Å²) in [6.07, 6.45) is 1.51. The molecule has 0 unspecified atom stereocenters. The molecular weight excluding hydrogens is 308 g/mol. The van der Waals surface area contributed by atoms with Gasteiger partial charge in [-0.15, -0.1) is 11.3 Å². The molecule has 0 fully saturated rings. The Hall–Kier alpha value is -2.24. The van der Waals surface area contributed by atoms with Gasteiger partial charge in [0, 0.05) is 6.20 Å². The zero-order valence-corrected chi connectivity index (χ0v) is 12.2. The molecule has 4 nitrogen and oxygen atoms in total. The first-order valence-corrected chi connectivity index (χ1v) is 7.26. The smallest absolute Gasteiger partial charge is 0.356 e. The molecule has 0 amide bonds. The summed E-state index contributed by atoms with van der Waals surface area (Å²) >= 11 is 7.11. The molecule has 0 atom stereocenters. The third-order valence-corrected chi connectivity index (χ3v) is 4.16. The van der Waals surface area contributed by atoms with Crippen LogP contribution in [0.5, 0.6) is 0 Å². The van der Waals surface area contributed by atoms with Gasteiger partial charge in [0.25, 0.3) is 0 Å². The highest BCUT2D eigenvalue weighted by atomic mass is 35.5. The van der Waals surface area contributed by atoms with E-state index in [9.17, 15) is 9.90 Å². The van der Waals surface area contributed by atoms with E-state index in [1.165, 1.54) is 17.5 Å². The van der Waals surface area contributed by atoms with Crippen LogP contribution in [0.15, 0.2) is 48.7 Å². The summed E-state index contributed by atoms with van der Waals surface area (Å²) in [6.45, 7) is 0. The number of thiazole rings is 1. The van der Waals surface area contributed by atoms with E-state index in [4.69, 9.17) is 11.6 Å². The van der Waals surface area contributed by atoms with Crippen LogP contribution < -0.4 is 0 Å². The summed E-state index contributed by atoms with van der Waals surface area (Å²) in [7, 11) is 0. The molecule has 104 valence electrons. The number of rotatable bonds is 3. The highest BCUT2D eigenvalue weighted by Gasteiger charge is 2.19. The summed E-state index contributed by atoms with van der Waals surface area (Å²) < 4.78 is 0. The lowest BCUT2D eigenvalue weighted by Gasteiger charge is -1.97. The number of hydrogen-bond donors (Lipinski definition) is 1. The van der Waals surface area contributed by atoms with Gasteiger partial charge in [0.05, 0.1) is 15.6 Å². The number of pyridine rings is 1. The summed E-state index contributed by atoms with van der Waals surface area (Å²) in [5.41, 5.74) is 1.47. The van der Waals surface area contributed by atoms with E-state index in [-0.39, 0.29) is 5.69 Å². The second-order valence-corrected chi connectivity index (χ2v) is 5.67. The van der Waals surface area contributed by atoms with E-state index in [1.54, 1.807) is 12.1 Å². The third-order valence-electron chi connectivity index (χ3n) is 2.81. The molecule has 0 spiro atoms. The Bertz CT molecular complexity index is 785. The van der Waals surface area contributed by atoms with Crippen molar-refractivity contribution in [1.29, 1.82) is 0 Å². The van der Waals surface area contributed by atoms with E-state index in [1.807, 2.05) is 30.3 Å². The summed E-state index contributed by atoms with van der Waals surface area (Å²) in [6, 6.07) is 12.8. The van der Waals surface area contributed by atoms with Gasteiger partial charge in [-0.25, -0.2) is 9.78 Å². The van der Waals surface area contributed by atoms with Crippen LogP contribution in [0, 0.1) is 0 Å². The number of aromatic nitrogens is 2. The van der Waals surface area contributed by atoms with Crippen molar-refractivity contribution in [2.45, 2.75) is 0 Å². The Balaban J connectivity index is 2.13. The Morgan fingerprint density at radius 2 is 1.90 bits per heavy atom. The lowest BCUT2D eigenvalue weighted by atomic mass is 10.1. The summed E-state index contributed by atoms with van der Waals surface area (Å²) in [4.78, 5) is 20.4. The van der Waals surface area contributed by atoms with Crippen molar-refractivity contribution in [2.24, 2.45) is 0 Å². The number of nitrogens with zero attached hydrogens (tertiary/aromatic N) is 2. The van der Waals surface area contributed by atoms with Gasteiger partial charge >= 0.3 is 5.97 Å². The molecule has 0 bridgehead atoms. The van der Waals surface area contributed by atoms with Gasteiger partial charge in [-0.2, -0.15) is 0 Å². The van der Waals surface area contributed by atoms with Crippen molar-refractivity contribution >= 4 is 28.9 Å². The molecule has 0 aliphatic rings. The fourth-order valence-electron chi connectivity index (χ4n) is 1.86. The third kappa shape index (κ3) is 2.79. The molecule has 0 aliphatic carbocycles. The fourth-order valence-corrected chi connectivity index (χ4v) is 3.01. The Morgan fingerprint density at radius 3 is 2.52 bits per heavy atom. The first-order valence-electron chi connectivity index (χ1n) is 6.06. The SMILES string of the molecule is O=C(O)c1nc(-c2ccc(Cl)cn2)sc1-c1ccccc1. The van der Waals surface area contributed by atoms with Gasteiger partial charge in [0.2, 0.25) is 0 Å². The quantitative estimate of drug-likeness (QED) is 0.785. The average Bonchev–Trinajstić information content (AvgIpc) is 2.94. The number of benzene rings is 1. The van der Waals surface area contributed by atoms with E-state index >= 15 is 0 Å². The molecule has 1 aromatic carbocycles. The Labute approximate surface area is 129 Å². The van der Waals surface area contributed by atoms with Gasteiger partial charge in [0.15, 0.2) is 5.69 Å². The van der Waals surface area contributed by atoms with Crippen LogP contribution in [0.2, 0.25) is 5.02 Å². The molecule has 0 aliphatic heterocycles. The molecule has 6 heteroatoms. The zero-order valence-electron chi connectivity index (χ0n) is 10.7. The number of carboxylic acids is 1. The molecular formula is C15H9ClN2O2S. The van der Waals surface area contributed by atoms with Crippen molar-refractivity contribution in [1.82, 2.24) is 9.97 Å². The van der Waals surface area contributed by atoms with Crippen molar-refractivity contribution in [2.75, 3.05) is 0 Å². The first kappa shape index (κ1) is 13.7. The molecule has 0 radical (unpaired) electrons. The largest absolute Gasteiger partial charge is 0.476 e. The van der Waals surface area contributed by atoms with Gasteiger partial charge in [-0.1, -0.05) is 41.9 Å². The molecule has 3 aromatic rings. The van der Waals surface area contributed by atoms with Crippen LogP contribution in [-0.2, 0) is 0 Å². The first-order chi connectivity index (χ1) is 10.1. The fraction of sp³-hybridized carbons (Fsp3) is 0. The highest BCUT2D eigenvalue weighted by Crippen LogP contribution is 2.34. The van der Waals surface area contributed by atoms with E-state index in [0.29, 0.717) is 20.6 Å². The molecule has 1 N–H and O–H groups in total. The number of carbonyl (C=O) groups is 1. The van der Waals surface area contributed by atoms with Crippen LogP contribution in [0.4, 0.5) is 0 Å². The molecule has 0 saturated heterocycles. The average molecular weight is 317 g/mol. The second kappa shape index (κ2) is 5.63. The maximum Gasteiger partial charge on any atom is 0.356 e. The Kier molecular flexibility index (Phi) is 3.68. The van der Waals surface area contributed by atoms with Crippen LogP contribution in [0.25, 0.3) is 21.1 Å². The van der Waals surface area contributed by atoms with Gasteiger partial charge in [-0.05, 0) is 17.7 Å². The van der Waals surface area contributed by atoms with E-state index < -0.39 is 5.97 Å². The molecule has 2 heterocycles. The van der Waals surface area contributed by atoms with Crippen molar-refractivity contribution in [3.63, 3.8) is 0 Å². The number of aromatic carboxylic acids is 1. The maximum atomic E-state index is 11.4. The number of halogens is 1. The Morgan fingerprint density at radius 1 is 1.14 bits per heavy atom. The standard InChI is InChI=1S/C15H9ClN2O2S/c16-10-6-7-11(17-8-10)14-18-12(15(19)20)13(21-14)9-4-2-1-3-5-9/h1-8H,(H,19,20). The maximum absolute atomic E-state index is 11.4. The van der Waals surface area contributed by atoms with E-state index in [2.05, 4.69) is 9.97 Å². The minimum atomic E-state index is -1.05. The molecule has 3 rings (SSSR count). The molecule has 2 aromatic heterocycles. The van der Waals surface area contributed by atoms with Crippen molar-refractivity contribution in [3.8, 4) is 21.1 Å². The number of hydrogen-bond acceptors (Lipinski definition) is 4. The lowest BCUT2D eigenvalue weighted by Crippen LogP contribution is -1.98. The van der Waals surface area contributed by atoms with Gasteiger partial charge < -0.3 is 5.11 Å². The second-order valence-electron chi connectivity index (χ2n) is 4.23. The monoisotopic (exact) mass is 316 g/mol. The molecule has 21 heavy (non-hydrogen) atoms. The minimum absolute atomic E-state index is 0.0398. The van der Waals surface area contributed by atoms with Crippen LogP contribution in [-0.4, -0.2) is 21.0 Å². The molecule has 0 saturated carbocycles. The summed E-state index contributed by atoms with van der Waals surface area (Å²) in [5, 5.41) is 10.4. The summed E-state index contributed by atoms with van der Waals surface area (Å²) in [5.74, 6) is -1.05. The van der Waals surface area contributed by atoms with Gasteiger partial charge in [-0.3, -0.25) is 4.98 Å². The zero-order chi connectivity index (χ0) is 14.8. The predicted molar refractivity (Wildman–Crippen MR) is 82.8 cm³/mol. The van der Waals surface area contributed by atoms with Crippen molar-refractivity contribution < 1.29 is 9.90 Å². The van der Waals surface area contributed by atoms with Gasteiger partial charge in [0.1, 0.15) is 5.01 Å². The topological polar surface area (TPSA) is 63.1 Å². The minimum Gasteiger partial charge on any atom is -0.476 e. The van der Waals surface area contributed by atoms with Crippen LogP contribution in [0.1, 0.15) is 10.5 Å². The normalized spacial score (nSPS) is 10.5. The predicted octanol–water partition coefficient (Wildman–Crippen LogP) is 4.22.